The van der Waals surface area contributed by atoms with Gasteiger partial charge in [-0.1, -0.05) is 38.8 Å². The van der Waals surface area contributed by atoms with Gasteiger partial charge in [-0.25, -0.2) is 4.99 Å². The number of thiazole rings is 1. The van der Waals surface area contributed by atoms with Crippen LogP contribution in [0.2, 0.25) is 0 Å². The number of para-hydroxylation sites is 2. The van der Waals surface area contributed by atoms with Crippen LogP contribution >= 0.6 is 11.3 Å². The van der Waals surface area contributed by atoms with Gasteiger partial charge in [-0.3, -0.25) is 10.1 Å². The number of ether oxygens (including phenoxy) is 3. The second kappa shape index (κ2) is 11.9. The highest BCUT2D eigenvalue weighted by molar-refractivity contribution is 7.07. The molecule has 1 atom stereocenters. The first-order valence-electron chi connectivity index (χ1n) is 11.6. The van der Waals surface area contributed by atoms with Gasteiger partial charge in [0.2, 0.25) is 5.75 Å². The molecule has 0 N–H and O–H groups in total. The SMILES string of the molecule is COc1cc(-c2csc(=Nc3ccccc3[N+](=O)[O-])n2C(C)CCCC(C)C)cc(OC)c1OC. The first kappa shape index (κ1) is 26.3. The molecule has 1 heterocycles. The van der Waals surface area contributed by atoms with E-state index in [0.29, 0.717) is 33.7 Å². The van der Waals surface area contributed by atoms with E-state index in [9.17, 15) is 10.1 Å². The molecule has 0 fully saturated rings. The van der Waals surface area contributed by atoms with Crippen molar-refractivity contribution in [1.29, 1.82) is 0 Å². The minimum atomic E-state index is -0.400. The number of rotatable bonds is 11. The van der Waals surface area contributed by atoms with Crippen molar-refractivity contribution in [3.05, 3.63) is 56.7 Å². The third-order valence-corrected chi connectivity index (χ3v) is 6.68. The summed E-state index contributed by atoms with van der Waals surface area (Å²) in [4.78, 5) is 16.6. The number of benzene rings is 2. The third kappa shape index (κ3) is 6.03. The summed E-state index contributed by atoms with van der Waals surface area (Å²) in [5, 5.41) is 13.6. The summed E-state index contributed by atoms with van der Waals surface area (Å²) in [5.41, 5.74) is 2.13. The number of hydrogen-bond acceptors (Lipinski definition) is 7. The van der Waals surface area contributed by atoms with Gasteiger partial charge in [0, 0.05) is 23.1 Å². The Morgan fingerprint density at radius 3 is 2.26 bits per heavy atom. The van der Waals surface area contributed by atoms with Crippen molar-refractivity contribution in [1.82, 2.24) is 4.57 Å². The molecule has 3 aromatic rings. The zero-order valence-electron chi connectivity index (χ0n) is 21.1. The fourth-order valence-corrected chi connectivity index (χ4v) is 5.04. The summed E-state index contributed by atoms with van der Waals surface area (Å²) in [7, 11) is 4.75. The van der Waals surface area contributed by atoms with E-state index in [4.69, 9.17) is 19.2 Å². The van der Waals surface area contributed by atoms with Gasteiger partial charge in [0.05, 0.1) is 31.9 Å². The molecular formula is C26H33N3O5S. The van der Waals surface area contributed by atoms with E-state index in [1.54, 1.807) is 39.5 Å². The van der Waals surface area contributed by atoms with E-state index in [1.807, 2.05) is 17.5 Å². The van der Waals surface area contributed by atoms with E-state index in [2.05, 4.69) is 25.3 Å². The predicted molar refractivity (Wildman–Crippen MR) is 139 cm³/mol. The molecule has 0 amide bonds. The third-order valence-electron chi connectivity index (χ3n) is 5.84. The second-order valence-electron chi connectivity index (χ2n) is 8.72. The standard InChI is InChI=1S/C26H33N3O5S/c1-17(2)10-9-11-18(3)28-22(19-14-23(32-4)25(34-6)24(15-19)33-5)16-35-26(28)27-20-12-7-8-13-21(20)29(30)31/h7-8,12-18H,9-11H2,1-6H3. The number of methoxy groups -OCH3 is 3. The Balaban J connectivity index is 2.20. The van der Waals surface area contributed by atoms with Crippen molar-refractivity contribution in [2.75, 3.05) is 21.3 Å². The van der Waals surface area contributed by atoms with Crippen LogP contribution in [0.4, 0.5) is 11.4 Å². The average Bonchev–Trinajstić information content (AvgIpc) is 3.26. The Hall–Kier alpha value is -3.33. The zero-order chi connectivity index (χ0) is 25.5. The van der Waals surface area contributed by atoms with Crippen molar-refractivity contribution < 1.29 is 19.1 Å². The Labute approximate surface area is 210 Å². The lowest BCUT2D eigenvalue weighted by molar-refractivity contribution is -0.384. The molecule has 3 rings (SSSR count). The molecule has 9 heteroatoms. The van der Waals surface area contributed by atoms with Crippen LogP contribution in [-0.2, 0) is 0 Å². The molecule has 2 aromatic carbocycles. The summed E-state index contributed by atoms with van der Waals surface area (Å²) in [6.45, 7) is 6.60. The first-order valence-corrected chi connectivity index (χ1v) is 12.5. The van der Waals surface area contributed by atoms with Gasteiger partial charge in [0.25, 0.3) is 5.69 Å². The lowest BCUT2D eigenvalue weighted by atomic mass is 10.0. The minimum absolute atomic E-state index is 0.0192. The van der Waals surface area contributed by atoms with E-state index in [1.165, 1.54) is 17.4 Å². The van der Waals surface area contributed by atoms with E-state index in [0.717, 1.165) is 30.5 Å². The molecule has 0 aliphatic rings. The highest BCUT2D eigenvalue weighted by Crippen LogP contribution is 2.42. The molecule has 0 radical (unpaired) electrons. The largest absolute Gasteiger partial charge is 0.493 e. The number of nitro benzene ring substituents is 1. The Bertz CT molecular complexity index is 1210. The number of hydrogen-bond donors (Lipinski definition) is 0. The second-order valence-corrected chi connectivity index (χ2v) is 9.56. The van der Waals surface area contributed by atoms with Gasteiger partial charge >= 0.3 is 0 Å². The average molecular weight is 500 g/mol. The van der Waals surface area contributed by atoms with Gasteiger partial charge in [-0.2, -0.15) is 0 Å². The molecule has 0 aliphatic heterocycles. The number of nitro groups is 1. The molecule has 0 spiro atoms. The smallest absolute Gasteiger partial charge is 0.294 e. The minimum Gasteiger partial charge on any atom is -0.493 e. The van der Waals surface area contributed by atoms with Gasteiger partial charge in [-0.05, 0) is 37.5 Å². The van der Waals surface area contributed by atoms with Crippen molar-refractivity contribution in [2.24, 2.45) is 10.9 Å². The van der Waals surface area contributed by atoms with Crippen molar-refractivity contribution in [3.8, 4) is 28.5 Å². The van der Waals surface area contributed by atoms with E-state index < -0.39 is 4.92 Å². The Kier molecular flexibility index (Phi) is 8.92. The van der Waals surface area contributed by atoms with Gasteiger partial charge < -0.3 is 18.8 Å². The quantitative estimate of drug-likeness (QED) is 0.215. The maximum absolute atomic E-state index is 11.6. The molecule has 1 aromatic heterocycles. The fraction of sp³-hybridized carbons (Fsp3) is 0.423. The van der Waals surface area contributed by atoms with Crippen LogP contribution in [-0.4, -0.2) is 30.8 Å². The molecule has 0 bridgehead atoms. The van der Waals surface area contributed by atoms with Gasteiger partial charge in [0.1, 0.15) is 5.69 Å². The molecule has 188 valence electrons. The van der Waals surface area contributed by atoms with E-state index >= 15 is 0 Å². The summed E-state index contributed by atoms with van der Waals surface area (Å²) in [6.07, 6.45) is 3.16. The normalized spacial score (nSPS) is 12.6. The monoisotopic (exact) mass is 499 g/mol. The molecule has 0 saturated heterocycles. The highest BCUT2D eigenvalue weighted by atomic mass is 32.1. The molecule has 8 nitrogen and oxygen atoms in total. The van der Waals surface area contributed by atoms with Gasteiger partial charge in [-0.15, -0.1) is 11.3 Å². The topological polar surface area (TPSA) is 88.1 Å². The molecule has 0 saturated carbocycles. The zero-order valence-corrected chi connectivity index (χ0v) is 21.9. The number of aromatic nitrogens is 1. The van der Waals surface area contributed by atoms with Crippen LogP contribution in [0.3, 0.4) is 0 Å². The molecule has 1 unspecified atom stereocenters. The van der Waals surface area contributed by atoms with E-state index in [-0.39, 0.29) is 11.7 Å². The summed E-state index contributed by atoms with van der Waals surface area (Å²) in [5.74, 6) is 2.27. The molecule has 35 heavy (non-hydrogen) atoms. The maximum atomic E-state index is 11.6. The Morgan fingerprint density at radius 2 is 1.69 bits per heavy atom. The fourth-order valence-electron chi connectivity index (χ4n) is 4.03. The van der Waals surface area contributed by atoms with Crippen molar-refractivity contribution in [2.45, 2.75) is 46.1 Å². The summed E-state index contributed by atoms with van der Waals surface area (Å²) < 4.78 is 18.8. The van der Waals surface area contributed by atoms with Crippen LogP contribution in [0.5, 0.6) is 17.2 Å². The summed E-state index contributed by atoms with van der Waals surface area (Å²) in [6, 6.07) is 10.5. The Morgan fingerprint density at radius 1 is 1.03 bits per heavy atom. The lowest BCUT2D eigenvalue weighted by Crippen LogP contribution is -2.20. The summed E-state index contributed by atoms with van der Waals surface area (Å²) >= 11 is 1.45. The van der Waals surface area contributed by atoms with Crippen LogP contribution in [0.25, 0.3) is 11.3 Å². The van der Waals surface area contributed by atoms with Crippen molar-refractivity contribution >= 4 is 22.7 Å². The van der Waals surface area contributed by atoms with Gasteiger partial charge in [0.15, 0.2) is 16.3 Å². The molecular weight excluding hydrogens is 466 g/mol. The lowest BCUT2D eigenvalue weighted by Gasteiger charge is -2.19. The predicted octanol–water partition coefficient (Wildman–Crippen LogP) is 6.77. The first-order chi connectivity index (χ1) is 16.8. The van der Waals surface area contributed by atoms with Crippen LogP contribution in [0.15, 0.2) is 46.8 Å². The molecule has 0 aliphatic carbocycles. The van der Waals surface area contributed by atoms with Crippen molar-refractivity contribution in [3.63, 3.8) is 0 Å². The van der Waals surface area contributed by atoms with Crippen LogP contribution in [0, 0.1) is 16.0 Å². The number of nitrogens with zero attached hydrogens (tertiary/aromatic N) is 3. The van der Waals surface area contributed by atoms with Crippen LogP contribution in [0.1, 0.15) is 46.1 Å². The highest BCUT2D eigenvalue weighted by Gasteiger charge is 2.20. The van der Waals surface area contributed by atoms with Crippen LogP contribution < -0.4 is 19.0 Å². The maximum Gasteiger partial charge on any atom is 0.294 e.